The summed E-state index contributed by atoms with van der Waals surface area (Å²) in [6.45, 7) is 2.34. The molecule has 170 valence electrons. The van der Waals surface area contributed by atoms with Crippen molar-refractivity contribution in [1.29, 1.82) is 0 Å². The third kappa shape index (κ3) is 3.71. The van der Waals surface area contributed by atoms with E-state index in [1.807, 2.05) is 60.0 Å². The van der Waals surface area contributed by atoms with Crippen LogP contribution in [-0.2, 0) is 17.8 Å². The van der Waals surface area contributed by atoms with Gasteiger partial charge in [-0.1, -0.05) is 65.9 Å². The van der Waals surface area contributed by atoms with Crippen molar-refractivity contribution in [2.45, 2.75) is 25.8 Å². The lowest BCUT2D eigenvalue weighted by atomic mass is 9.97. The fourth-order valence-electron chi connectivity index (χ4n) is 4.63. The first-order chi connectivity index (χ1) is 17.1. The highest BCUT2D eigenvalue weighted by molar-refractivity contribution is 6.35. The lowest BCUT2D eigenvalue weighted by Gasteiger charge is -2.14. The number of nitrogens with one attached hydrogen (secondary N) is 1. The molecule has 35 heavy (non-hydrogen) atoms. The number of aromatic nitrogens is 3. The average Bonchev–Trinajstić information content (AvgIpc) is 3.33. The normalized spacial score (nSPS) is 15.7. The molecule has 0 radical (unpaired) electrons. The highest BCUT2D eigenvalue weighted by Crippen LogP contribution is 2.32. The Morgan fingerprint density at radius 2 is 1.89 bits per heavy atom. The predicted molar refractivity (Wildman–Crippen MR) is 136 cm³/mol. The second-order valence-electron chi connectivity index (χ2n) is 8.50. The Morgan fingerprint density at radius 1 is 1.06 bits per heavy atom. The van der Waals surface area contributed by atoms with Crippen molar-refractivity contribution < 1.29 is 4.79 Å². The molecule has 7 heteroatoms. The molecule has 0 spiro atoms. The zero-order chi connectivity index (χ0) is 23.9. The third-order valence-corrected chi connectivity index (χ3v) is 6.62. The lowest BCUT2D eigenvalue weighted by Crippen LogP contribution is -2.10. The number of fused-ring (bicyclic) bond motifs is 4. The van der Waals surface area contributed by atoms with E-state index in [2.05, 4.69) is 45.6 Å². The molecule has 0 bridgehead atoms. The standard InChI is InChI=1S/C28H20ClN5O/c1-17-32-33-26-16-30-27(21-9-2-4-11-23(21)29)22-15-18(13-14-25(22)34(17)26)7-6-10-20-19-8-3-5-12-24(19)31-28(20)35/h2-5,8-9,11-15,20H,7,16H2,1H3,(H,31,35). The van der Waals surface area contributed by atoms with Gasteiger partial charge in [0.2, 0.25) is 5.91 Å². The van der Waals surface area contributed by atoms with E-state index >= 15 is 0 Å². The first-order valence-corrected chi connectivity index (χ1v) is 11.7. The third-order valence-electron chi connectivity index (χ3n) is 6.29. The van der Waals surface area contributed by atoms with Crippen LogP contribution in [0.25, 0.3) is 5.69 Å². The number of halogens is 1. The summed E-state index contributed by atoms with van der Waals surface area (Å²) >= 11 is 6.57. The van der Waals surface area contributed by atoms with Crippen molar-refractivity contribution in [3.63, 3.8) is 0 Å². The maximum absolute atomic E-state index is 12.4. The summed E-state index contributed by atoms with van der Waals surface area (Å²) < 4.78 is 2.04. The van der Waals surface area contributed by atoms with E-state index in [0.717, 1.165) is 51.0 Å². The van der Waals surface area contributed by atoms with Gasteiger partial charge >= 0.3 is 0 Å². The van der Waals surface area contributed by atoms with Crippen molar-refractivity contribution in [3.05, 3.63) is 106 Å². The molecule has 6 rings (SSSR count). The molecule has 3 heterocycles. The second kappa shape index (κ2) is 8.53. The molecule has 0 fully saturated rings. The van der Waals surface area contributed by atoms with E-state index in [-0.39, 0.29) is 5.91 Å². The van der Waals surface area contributed by atoms with Gasteiger partial charge in [0.1, 0.15) is 18.3 Å². The van der Waals surface area contributed by atoms with Gasteiger partial charge in [-0.2, -0.15) is 0 Å². The molecule has 0 aliphatic carbocycles. The van der Waals surface area contributed by atoms with Crippen LogP contribution >= 0.6 is 11.6 Å². The monoisotopic (exact) mass is 477 g/mol. The summed E-state index contributed by atoms with van der Waals surface area (Å²) in [5.74, 6) is 7.44. The number of nitrogens with zero attached hydrogens (tertiary/aromatic N) is 4. The molecule has 3 aromatic carbocycles. The number of aryl methyl sites for hydroxylation is 1. The van der Waals surface area contributed by atoms with E-state index in [9.17, 15) is 4.79 Å². The summed E-state index contributed by atoms with van der Waals surface area (Å²) in [7, 11) is 0. The average molecular weight is 478 g/mol. The Bertz CT molecular complexity index is 1590. The van der Waals surface area contributed by atoms with Gasteiger partial charge in [-0.05, 0) is 36.8 Å². The van der Waals surface area contributed by atoms with Crippen molar-refractivity contribution in [1.82, 2.24) is 14.8 Å². The van der Waals surface area contributed by atoms with Crippen LogP contribution in [-0.4, -0.2) is 26.4 Å². The van der Waals surface area contributed by atoms with Crippen molar-refractivity contribution in [2.75, 3.05) is 5.32 Å². The predicted octanol–water partition coefficient (Wildman–Crippen LogP) is 4.86. The number of hydrogen-bond acceptors (Lipinski definition) is 4. The Balaban J connectivity index is 1.39. The molecule has 1 aromatic heterocycles. The van der Waals surface area contributed by atoms with Crippen LogP contribution < -0.4 is 5.32 Å². The number of hydrogen-bond donors (Lipinski definition) is 1. The largest absolute Gasteiger partial charge is 0.324 e. The number of carbonyl (C=O) groups is 1. The molecule has 1 N–H and O–H groups in total. The molecule has 6 nitrogen and oxygen atoms in total. The van der Waals surface area contributed by atoms with Gasteiger partial charge in [0.05, 0.1) is 11.4 Å². The lowest BCUT2D eigenvalue weighted by molar-refractivity contribution is -0.115. The summed E-state index contributed by atoms with van der Waals surface area (Å²) in [5, 5.41) is 12.1. The van der Waals surface area contributed by atoms with Crippen LogP contribution in [0.4, 0.5) is 5.69 Å². The smallest absolute Gasteiger partial charge is 0.244 e. The SMILES string of the molecule is Cc1nnc2n1-c1ccc(CC#CC3C(=O)Nc4ccccc43)cc1C(c1ccccc1Cl)=NC2. The van der Waals surface area contributed by atoms with Crippen molar-refractivity contribution in [2.24, 2.45) is 4.99 Å². The van der Waals surface area contributed by atoms with Crippen LogP contribution in [0, 0.1) is 18.8 Å². The fraction of sp³-hybridized carbons (Fsp3) is 0.143. The molecule has 2 aliphatic rings. The number of carbonyl (C=O) groups excluding carboxylic acids is 1. The van der Waals surface area contributed by atoms with Gasteiger partial charge in [0.25, 0.3) is 0 Å². The summed E-state index contributed by atoms with van der Waals surface area (Å²) in [6, 6.07) is 21.6. The van der Waals surface area contributed by atoms with Gasteiger partial charge in [-0.25, -0.2) is 0 Å². The van der Waals surface area contributed by atoms with Gasteiger partial charge in [-0.15, -0.1) is 10.2 Å². The first kappa shape index (κ1) is 21.3. The highest BCUT2D eigenvalue weighted by atomic mass is 35.5. The summed E-state index contributed by atoms with van der Waals surface area (Å²) in [5.41, 5.74) is 6.38. The number of rotatable bonds is 2. The number of para-hydroxylation sites is 1. The number of aliphatic imine (C=N–C) groups is 1. The van der Waals surface area contributed by atoms with Crippen LogP contribution in [0.1, 0.15) is 39.8 Å². The maximum Gasteiger partial charge on any atom is 0.244 e. The number of anilines is 1. The van der Waals surface area contributed by atoms with Crippen LogP contribution in [0.15, 0.2) is 71.7 Å². The van der Waals surface area contributed by atoms with E-state index in [1.165, 1.54) is 0 Å². The first-order valence-electron chi connectivity index (χ1n) is 11.3. The zero-order valence-corrected chi connectivity index (χ0v) is 19.7. The minimum atomic E-state index is -0.450. The van der Waals surface area contributed by atoms with E-state index in [4.69, 9.17) is 16.6 Å². The Morgan fingerprint density at radius 3 is 2.77 bits per heavy atom. The van der Waals surface area contributed by atoms with Gasteiger partial charge < -0.3 is 5.32 Å². The Labute approximate surface area is 207 Å². The molecule has 2 aliphatic heterocycles. The van der Waals surface area contributed by atoms with Gasteiger partial charge in [-0.3, -0.25) is 14.4 Å². The number of benzene rings is 3. The molecule has 4 aromatic rings. The van der Waals surface area contributed by atoms with Crippen LogP contribution in [0.5, 0.6) is 0 Å². The van der Waals surface area contributed by atoms with E-state index in [0.29, 0.717) is 18.0 Å². The molecular formula is C28H20ClN5O. The zero-order valence-electron chi connectivity index (χ0n) is 18.9. The van der Waals surface area contributed by atoms with Crippen LogP contribution in [0.3, 0.4) is 0 Å². The van der Waals surface area contributed by atoms with Gasteiger partial charge in [0.15, 0.2) is 5.82 Å². The van der Waals surface area contributed by atoms with E-state index in [1.54, 1.807) is 0 Å². The quantitative estimate of drug-likeness (QED) is 0.419. The minimum Gasteiger partial charge on any atom is -0.324 e. The Kier molecular flexibility index (Phi) is 5.20. The fourth-order valence-corrected chi connectivity index (χ4v) is 4.85. The maximum atomic E-state index is 12.4. The summed E-state index contributed by atoms with van der Waals surface area (Å²) in [6.07, 6.45) is 0.503. The topological polar surface area (TPSA) is 72.2 Å². The molecule has 0 saturated heterocycles. The van der Waals surface area contributed by atoms with Crippen molar-refractivity contribution in [3.8, 4) is 17.5 Å². The summed E-state index contributed by atoms with van der Waals surface area (Å²) in [4.78, 5) is 17.3. The van der Waals surface area contributed by atoms with Gasteiger partial charge in [0, 0.05) is 33.8 Å². The molecule has 1 unspecified atom stereocenters. The highest BCUT2D eigenvalue weighted by Gasteiger charge is 2.28. The second-order valence-corrected chi connectivity index (χ2v) is 8.91. The molecule has 1 amide bonds. The Hall–Kier alpha value is -4.21. The molecule has 0 saturated carbocycles. The van der Waals surface area contributed by atoms with Crippen LogP contribution in [0.2, 0.25) is 5.02 Å². The van der Waals surface area contributed by atoms with Crippen molar-refractivity contribution >= 4 is 28.9 Å². The van der Waals surface area contributed by atoms with E-state index < -0.39 is 5.92 Å². The number of amides is 1. The minimum absolute atomic E-state index is 0.0793. The molecule has 1 atom stereocenters. The molecular weight excluding hydrogens is 458 g/mol.